The number of ether oxygens (including phenoxy) is 2. The molecule has 1 rings (SSSR count). The van der Waals surface area contributed by atoms with Crippen LogP contribution >= 0.6 is 0 Å². The quantitative estimate of drug-likeness (QED) is 0.706. The van der Waals surface area contributed by atoms with Crippen molar-refractivity contribution in [1.29, 1.82) is 0 Å². The van der Waals surface area contributed by atoms with E-state index in [4.69, 9.17) is 15.2 Å². The largest absolute Gasteiger partial charge is 0.401 e. The zero-order valence-corrected chi connectivity index (χ0v) is 12.2. The van der Waals surface area contributed by atoms with Crippen LogP contribution in [0.4, 0.5) is 0 Å². The average molecular weight is 268 g/mol. The molecule has 0 spiro atoms. The molecule has 19 heavy (non-hydrogen) atoms. The molecule has 1 unspecified atom stereocenters. The van der Waals surface area contributed by atoms with Crippen molar-refractivity contribution >= 4 is 5.94 Å². The first kappa shape index (κ1) is 15.8. The lowest BCUT2D eigenvalue weighted by molar-refractivity contribution is -0.133. The van der Waals surface area contributed by atoms with Crippen LogP contribution in [0, 0.1) is 0 Å². The van der Waals surface area contributed by atoms with Gasteiger partial charge in [0.15, 0.2) is 0 Å². The normalized spacial score (nSPS) is 20.2. The van der Waals surface area contributed by atoms with Gasteiger partial charge in [-0.15, -0.1) is 0 Å². The molecular weight excluding hydrogens is 244 g/mol. The Balaban J connectivity index is 2.47. The van der Waals surface area contributed by atoms with E-state index < -0.39 is 11.2 Å². The third kappa shape index (κ3) is 5.92. The van der Waals surface area contributed by atoms with Crippen molar-refractivity contribution in [3.05, 3.63) is 18.0 Å². The van der Waals surface area contributed by atoms with E-state index in [0.717, 1.165) is 12.2 Å². The molecule has 108 valence electrons. The molecule has 0 fully saturated rings. The summed E-state index contributed by atoms with van der Waals surface area (Å²) in [6.45, 7) is 8.68. The summed E-state index contributed by atoms with van der Waals surface area (Å²) in [6.07, 6.45) is 3.93. The summed E-state index contributed by atoms with van der Waals surface area (Å²) >= 11 is 0. The molecule has 1 heterocycles. The summed E-state index contributed by atoms with van der Waals surface area (Å²) in [7, 11) is 0. The smallest absolute Gasteiger partial charge is 0.123 e. The third-order valence-electron chi connectivity index (χ3n) is 2.78. The van der Waals surface area contributed by atoms with Gasteiger partial charge >= 0.3 is 0 Å². The monoisotopic (exact) mass is 268 g/mol. The summed E-state index contributed by atoms with van der Waals surface area (Å²) in [5.41, 5.74) is 5.48. The Morgan fingerprint density at radius 2 is 2.21 bits per heavy atom. The van der Waals surface area contributed by atoms with Crippen LogP contribution in [0.25, 0.3) is 0 Å². The van der Waals surface area contributed by atoms with Gasteiger partial charge in [0.05, 0.1) is 23.9 Å². The zero-order valence-electron chi connectivity index (χ0n) is 12.2. The van der Waals surface area contributed by atoms with Crippen LogP contribution < -0.4 is 11.1 Å². The highest BCUT2D eigenvalue weighted by Crippen LogP contribution is 2.20. The Hall–Kier alpha value is -1.29. The molecule has 0 saturated carbocycles. The molecule has 0 aromatic carbocycles. The van der Waals surface area contributed by atoms with Gasteiger partial charge in [0.2, 0.25) is 0 Å². The van der Waals surface area contributed by atoms with E-state index >= 15 is 0 Å². The van der Waals surface area contributed by atoms with Gasteiger partial charge in [0.25, 0.3) is 0 Å². The summed E-state index contributed by atoms with van der Waals surface area (Å²) in [6, 6.07) is 0. The first-order valence-electron chi connectivity index (χ1n) is 6.46. The second-order valence-corrected chi connectivity index (χ2v) is 5.99. The van der Waals surface area contributed by atoms with Gasteiger partial charge in [0, 0.05) is 30.9 Å². The molecule has 0 amide bonds. The van der Waals surface area contributed by atoms with Gasteiger partial charge in [-0.05, 0) is 27.7 Å². The zero-order chi connectivity index (χ0) is 14.5. The van der Waals surface area contributed by atoms with E-state index in [9.17, 15) is 4.79 Å². The summed E-state index contributed by atoms with van der Waals surface area (Å²) < 4.78 is 11.7. The SMILES string of the molecule is CC(C)(C=C=O)OCC(C)(C)OC1CNC=C(N)C1. The van der Waals surface area contributed by atoms with Crippen molar-refractivity contribution in [2.75, 3.05) is 13.2 Å². The molecule has 0 aromatic rings. The van der Waals surface area contributed by atoms with E-state index in [1.165, 1.54) is 6.08 Å². The fourth-order valence-corrected chi connectivity index (χ4v) is 1.83. The van der Waals surface area contributed by atoms with Crippen molar-refractivity contribution in [1.82, 2.24) is 5.32 Å². The molecule has 0 aliphatic carbocycles. The van der Waals surface area contributed by atoms with Gasteiger partial charge in [-0.1, -0.05) is 0 Å². The predicted molar refractivity (Wildman–Crippen MR) is 74.1 cm³/mol. The molecule has 0 saturated heterocycles. The standard InChI is InChI=1S/C14H24N2O3/c1-13(2,5-6-17)18-10-14(3,4)19-12-7-11(15)8-16-9-12/h5,8,12,16H,7,9-10,15H2,1-4H3. The molecule has 1 aliphatic heterocycles. The molecule has 5 nitrogen and oxygen atoms in total. The summed E-state index contributed by atoms with van der Waals surface area (Å²) in [5, 5.41) is 3.09. The van der Waals surface area contributed by atoms with Gasteiger partial charge in [-0.25, -0.2) is 4.79 Å². The average Bonchev–Trinajstić information content (AvgIpc) is 2.26. The van der Waals surface area contributed by atoms with Crippen molar-refractivity contribution in [3.63, 3.8) is 0 Å². The van der Waals surface area contributed by atoms with Crippen LogP contribution in [-0.2, 0) is 14.3 Å². The van der Waals surface area contributed by atoms with Crippen LogP contribution in [0.2, 0.25) is 0 Å². The summed E-state index contributed by atoms with van der Waals surface area (Å²) in [4.78, 5) is 10.4. The van der Waals surface area contributed by atoms with E-state index in [-0.39, 0.29) is 6.10 Å². The maximum atomic E-state index is 10.4. The van der Waals surface area contributed by atoms with E-state index in [1.54, 1.807) is 12.1 Å². The van der Waals surface area contributed by atoms with Crippen molar-refractivity contribution in [3.8, 4) is 0 Å². The second kappa shape index (κ2) is 6.24. The number of nitrogens with two attached hydrogens (primary N) is 1. The highest BCUT2D eigenvalue weighted by Gasteiger charge is 2.28. The maximum absolute atomic E-state index is 10.4. The fourth-order valence-electron chi connectivity index (χ4n) is 1.83. The molecule has 0 aromatic heterocycles. The third-order valence-corrected chi connectivity index (χ3v) is 2.78. The molecular formula is C14H24N2O3. The second-order valence-electron chi connectivity index (χ2n) is 5.99. The van der Waals surface area contributed by atoms with Crippen LogP contribution in [0.15, 0.2) is 18.0 Å². The van der Waals surface area contributed by atoms with Crippen LogP contribution in [-0.4, -0.2) is 36.4 Å². The first-order chi connectivity index (χ1) is 8.74. The van der Waals surface area contributed by atoms with Gasteiger partial charge in [-0.3, -0.25) is 0 Å². The molecule has 5 heteroatoms. The van der Waals surface area contributed by atoms with Crippen LogP contribution in [0.5, 0.6) is 0 Å². The number of carbonyl (C=O) groups excluding carboxylic acids is 1. The Morgan fingerprint density at radius 1 is 1.53 bits per heavy atom. The Morgan fingerprint density at radius 3 is 2.79 bits per heavy atom. The number of rotatable bonds is 6. The van der Waals surface area contributed by atoms with Crippen molar-refractivity contribution < 1.29 is 14.3 Å². The lowest BCUT2D eigenvalue weighted by atomic mass is 10.1. The topological polar surface area (TPSA) is 73.6 Å². The maximum Gasteiger partial charge on any atom is 0.123 e. The molecule has 0 radical (unpaired) electrons. The Labute approximate surface area is 114 Å². The predicted octanol–water partition coefficient (Wildman–Crippen LogP) is 1.13. The van der Waals surface area contributed by atoms with Gasteiger partial charge < -0.3 is 20.5 Å². The van der Waals surface area contributed by atoms with E-state index in [1.807, 2.05) is 27.7 Å². The van der Waals surface area contributed by atoms with E-state index in [2.05, 4.69) is 5.32 Å². The lowest BCUT2D eigenvalue weighted by Gasteiger charge is -2.34. The Kier molecular flexibility index (Phi) is 5.18. The fraction of sp³-hybridized carbons (Fsp3) is 0.714. The minimum absolute atomic E-state index is 0.0355. The molecule has 3 N–H and O–H groups in total. The Bertz CT molecular complexity index is 382. The molecule has 1 aliphatic rings. The minimum Gasteiger partial charge on any atom is -0.401 e. The molecule has 0 bridgehead atoms. The number of hydrogen-bond acceptors (Lipinski definition) is 5. The number of nitrogens with one attached hydrogen (secondary N) is 1. The lowest BCUT2D eigenvalue weighted by Crippen LogP contribution is -2.43. The van der Waals surface area contributed by atoms with Crippen LogP contribution in [0.3, 0.4) is 0 Å². The van der Waals surface area contributed by atoms with Crippen LogP contribution in [0.1, 0.15) is 34.1 Å². The van der Waals surface area contributed by atoms with Gasteiger partial charge in [0.1, 0.15) is 5.94 Å². The highest BCUT2D eigenvalue weighted by molar-refractivity contribution is 5.47. The first-order valence-corrected chi connectivity index (χ1v) is 6.46. The van der Waals surface area contributed by atoms with E-state index in [0.29, 0.717) is 13.0 Å². The molecule has 1 atom stereocenters. The highest BCUT2D eigenvalue weighted by atomic mass is 16.6. The number of hydrogen-bond donors (Lipinski definition) is 2. The van der Waals surface area contributed by atoms with Gasteiger partial charge in [-0.2, -0.15) is 0 Å². The van der Waals surface area contributed by atoms with Crippen molar-refractivity contribution in [2.24, 2.45) is 5.73 Å². The minimum atomic E-state index is -0.633. The summed E-state index contributed by atoms with van der Waals surface area (Å²) in [5.74, 6) is 1.76. The van der Waals surface area contributed by atoms with Crippen molar-refractivity contribution in [2.45, 2.75) is 51.4 Å².